The Balaban J connectivity index is 0.988. The number of unbranched alkanes of at least 4 members (excludes halogenated alkanes) is 36. The van der Waals surface area contributed by atoms with Crippen LogP contribution in [0.15, 0.2) is 160 Å². The standard InChI is InChI=1S/C120H159NO2/c1-11-19-27-35-43-53-76-117(77-54-44-36-28-20-12-2)100-74-75-107-109(95-65-48-51-68-105(95)122-107)108(100)98-87-103-97(86-104(98)117)92-72-70-90(84-101(92)118(103,78-55-45-37-29-21-13-3)79-56-46-38-30-22-14-4)121(115-88(9)62-61-63-89(115)10)91-71-73-94-102(85-91)120(82-59-41-33-25-17-7,83-60-42-34-26-18-8)113-110(94)111-96-66-49-52-69-106(96)123-116(111)112-93-64-47-50-67-99(93)119(114(112)113,80-57-39-31-23-15-5)81-58-40-32-24-16-6/h47-52,61-75,84-87H,11-46,53-60,76-83H2,1-10H3. The minimum absolute atomic E-state index is 0.108. The van der Waals surface area contributed by atoms with Gasteiger partial charge in [0.15, 0.2) is 0 Å². The highest BCUT2D eigenvalue weighted by molar-refractivity contribution is 6.21. The molecule has 0 saturated carbocycles. The quantitative estimate of drug-likeness (QED) is 0.0356. The summed E-state index contributed by atoms with van der Waals surface area (Å²) in [4.78, 5) is 2.84. The fourth-order valence-corrected chi connectivity index (χ4v) is 25.2. The van der Waals surface area contributed by atoms with Gasteiger partial charge in [0.25, 0.3) is 0 Å². The zero-order chi connectivity index (χ0) is 85.2. The summed E-state index contributed by atoms with van der Waals surface area (Å²) in [5.74, 6) is 0. The molecular weight excluding hydrogens is 1490 g/mol. The van der Waals surface area contributed by atoms with E-state index in [-0.39, 0.29) is 21.7 Å². The molecule has 4 aliphatic carbocycles. The van der Waals surface area contributed by atoms with Crippen LogP contribution in [-0.4, -0.2) is 0 Å². The molecule has 9 aromatic carbocycles. The Morgan fingerprint density at radius 2 is 0.585 bits per heavy atom. The van der Waals surface area contributed by atoms with Crippen LogP contribution in [-0.2, 0) is 21.7 Å². The van der Waals surface area contributed by atoms with E-state index in [0.29, 0.717) is 0 Å². The van der Waals surface area contributed by atoms with Crippen LogP contribution < -0.4 is 4.90 Å². The van der Waals surface area contributed by atoms with Crippen LogP contribution in [0.3, 0.4) is 0 Å². The average Bonchev–Trinajstić information content (AvgIpc) is 1.50. The van der Waals surface area contributed by atoms with Gasteiger partial charge in [-0.05, 0) is 214 Å². The first-order valence-electron chi connectivity index (χ1n) is 52.0. The maximum Gasteiger partial charge on any atom is 0.144 e. The second-order valence-corrected chi connectivity index (χ2v) is 39.8. The van der Waals surface area contributed by atoms with Crippen molar-refractivity contribution in [2.45, 2.75) is 425 Å². The van der Waals surface area contributed by atoms with Gasteiger partial charge in [-0.1, -0.05) is 435 Å². The summed E-state index contributed by atoms with van der Waals surface area (Å²) in [6, 6.07) is 62.7. The van der Waals surface area contributed by atoms with Crippen molar-refractivity contribution in [2.75, 3.05) is 4.90 Å². The van der Waals surface area contributed by atoms with E-state index < -0.39 is 0 Å². The molecule has 0 aliphatic heterocycles. The van der Waals surface area contributed by atoms with E-state index in [2.05, 4.69) is 226 Å². The molecular formula is C120H159NO2. The van der Waals surface area contributed by atoms with Gasteiger partial charge in [-0.2, -0.15) is 0 Å². The summed E-state index contributed by atoms with van der Waals surface area (Å²) in [5.41, 5.74) is 34.9. The van der Waals surface area contributed by atoms with Gasteiger partial charge in [0.1, 0.15) is 22.3 Å². The lowest BCUT2D eigenvalue weighted by Gasteiger charge is -2.40. The van der Waals surface area contributed by atoms with Gasteiger partial charge in [-0.3, -0.25) is 0 Å². The molecule has 2 heterocycles. The Kier molecular flexibility index (Phi) is 31.4. The predicted octanol–water partition coefficient (Wildman–Crippen LogP) is 39.1. The number of benzene rings is 9. The SMILES string of the molecule is CCCCCCCCC1(CCCCCCCC)c2cc(N(c3ccc4c(c3)C(CCCCCCC)(CCCCCCC)c3c5c(c6oc7ccccc7c6c3-4)-c3ccccc3C5(CCCCCCC)CCCCCCC)c3c(C)cccc3C)ccc2-c2cc3c(cc21)-c1c(ccc2oc4ccccc4c12)C3(CCCCCCCC)CCCCCCCC. The normalized spacial score (nSPS) is 14.6. The lowest BCUT2D eigenvalue weighted by molar-refractivity contribution is 0.369. The summed E-state index contributed by atoms with van der Waals surface area (Å²) in [5, 5.41) is 5.25. The minimum Gasteiger partial charge on any atom is -0.456 e. The van der Waals surface area contributed by atoms with Crippen LogP contribution in [0.1, 0.15) is 445 Å². The first-order valence-corrected chi connectivity index (χ1v) is 52.0. The maximum absolute atomic E-state index is 7.72. The maximum atomic E-state index is 7.72. The molecule has 0 saturated heterocycles. The number of fused-ring (bicyclic) bond motifs is 22. The van der Waals surface area contributed by atoms with Gasteiger partial charge >= 0.3 is 0 Å². The van der Waals surface area contributed by atoms with E-state index in [1.165, 1.54) is 402 Å². The molecule has 0 amide bonds. The molecule has 0 spiro atoms. The zero-order valence-electron chi connectivity index (χ0n) is 79.0. The number of anilines is 3. The fourth-order valence-electron chi connectivity index (χ4n) is 25.2. The Morgan fingerprint density at radius 1 is 0.236 bits per heavy atom. The number of furan rings is 2. The Labute approximate surface area is 746 Å². The number of rotatable bonds is 55. The van der Waals surface area contributed by atoms with E-state index in [1.54, 1.807) is 44.5 Å². The van der Waals surface area contributed by atoms with Gasteiger partial charge in [0, 0.05) is 60.1 Å². The smallest absolute Gasteiger partial charge is 0.144 e. The van der Waals surface area contributed by atoms with Gasteiger partial charge in [0.05, 0.1) is 5.69 Å². The summed E-state index contributed by atoms with van der Waals surface area (Å²) in [6.07, 6.45) is 65.9. The average molecular weight is 1650 g/mol. The summed E-state index contributed by atoms with van der Waals surface area (Å²) in [7, 11) is 0. The Bertz CT molecular complexity index is 5190. The van der Waals surface area contributed by atoms with Crippen molar-refractivity contribution in [1.29, 1.82) is 0 Å². The molecule has 656 valence electrons. The Morgan fingerprint density at radius 3 is 1.07 bits per heavy atom. The molecule has 2 aromatic heterocycles. The van der Waals surface area contributed by atoms with Crippen molar-refractivity contribution in [2.24, 2.45) is 0 Å². The van der Waals surface area contributed by atoms with E-state index in [1.807, 2.05) is 0 Å². The van der Waals surface area contributed by atoms with Gasteiger partial charge < -0.3 is 13.7 Å². The van der Waals surface area contributed by atoms with Crippen molar-refractivity contribution < 1.29 is 8.83 Å². The molecule has 0 N–H and O–H groups in total. The van der Waals surface area contributed by atoms with Gasteiger partial charge in [0.2, 0.25) is 0 Å². The van der Waals surface area contributed by atoms with Crippen LogP contribution in [0.4, 0.5) is 17.1 Å². The Hall–Kier alpha value is -7.62. The van der Waals surface area contributed by atoms with Crippen LogP contribution >= 0.6 is 0 Å². The van der Waals surface area contributed by atoms with Gasteiger partial charge in [-0.15, -0.1) is 0 Å². The third-order valence-corrected chi connectivity index (χ3v) is 31.4. The summed E-state index contributed by atoms with van der Waals surface area (Å²) >= 11 is 0. The third-order valence-electron chi connectivity index (χ3n) is 31.4. The molecule has 0 bridgehead atoms. The van der Waals surface area contributed by atoms with Crippen molar-refractivity contribution in [3.05, 3.63) is 207 Å². The molecule has 0 unspecified atom stereocenters. The molecule has 0 atom stereocenters. The highest BCUT2D eigenvalue weighted by atomic mass is 16.3. The number of aryl methyl sites for hydroxylation is 2. The van der Waals surface area contributed by atoms with Crippen LogP contribution in [0.2, 0.25) is 0 Å². The monoisotopic (exact) mass is 1650 g/mol. The van der Waals surface area contributed by atoms with Crippen LogP contribution in [0.5, 0.6) is 0 Å². The lowest BCUT2D eigenvalue weighted by Crippen LogP contribution is -2.33. The first kappa shape index (κ1) is 90.2. The summed E-state index contributed by atoms with van der Waals surface area (Å²) < 4.78 is 14.8. The number of hydrogen-bond donors (Lipinski definition) is 0. The first-order chi connectivity index (χ1) is 60.6. The summed E-state index contributed by atoms with van der Waals surface area (Å²) in [6.45, 7) is 24.0. The second kappa shape index (κ2) is 42.8. The molecule has 15 rings (SSSR count). The van der Waals surface area contributed by atoms with Crippen molar-refractivity contribution >= 4 is 60.9 Å². The molecule has 3 heteroatoms. The zero-order valence-corrected chi connectivity index (χ0v) is 79.0. The minimum atomic E-state index is -0.254. The molecule has 0 fully saturated rings. The molecule has 123 heavy (non-hydrogen) atoms. The third kappa shape index (κ3) is 18.1. The van der Waals surface area contributed by atoms with Crippen molar-refractivity contribution in [3.63, 3.8) is 0 Å². The van der Waals surface area contributed by atoms with Gasteiger partial charge in [-0.25, -0.2) is 0 Å². The largest absolute Gasteiger partial charge is 0.456 e. The fraction of sp³-hybridized carbons (Fsp3) is 0.550. The van der Waals surface area contributed by atoms with Crippen LogP contribution in [0.25, 0.3) is 88.4 Å². The van der Waals surface area contributed by atoms with Crippen LogP contribution in [0, 0.1) is 13.8 Å². The predicted molar refractivity (Wildman–Crippen MR) is 535 cm³/mol. The molecule has 4 aliphatic rings. The highest BCUT2D eigenvalue weighted by Crippen LogP contribution is 2.69. The van der Waals surface area contributed by atoms with E-state index in [0.717, 1.165) is 48.0 Å². The molecule has 0 radical (unpaired) electrons. The molecule has 11 aromatic rings. The van der Waals surface area contributed by atoms with E-state index in [9.17, 15) is 0 Å². The highest BCUT2D eigenvalue weighted by Gasteiger charge is 2.55. The van der Waals surface area contributed by atoms with Crippen molar-refractivity contribution in [1.82, 2.24) is 0 Å². The number of para-hydroxylation sites is 3. The number of nitrogens with zero attached hydrogens (tertiary/aromatic N) is 1. The van der Waals surface area contributed by atoms with E-state index in [4.69, 9.17) is 8.83 Å². The second-order valence-electron chi connectivity index (χ2n) is 39.8. The lowest BCUT2D eigenvalue weighted by atomic mass is 9.62. The topological polar surface area (TPSA) is 29.5 Å². The van der Waals surface area contributed by atoms with E-state index >= 15 is 0 Å². The number of hydrogen-bond acceptors (Lipinski definition) is 3. The van der Waals surface area contributed by atoms with Crippen molar-refractivity contribution in [3.8, 4) is 44.5 Å². The molecule has 3 nitrogen and oxygen atoms in total.